The predicted octanol–water partition coefficient (Wildman–Crippen LogP) is 3.81. The Hall–Kier alpha value is -0.280. The Morgan fingerprint density at radius 2 is 1.80 bits per heavy atom. The van der Waals surface area contributed by atoms with Gasteiger partial charge in [0.15, 0.2) is 0 Å². The standard InChI is InChI=1S/C16H29NO2.ClH/c1-12-9-13(2)11-14(10-12)6-8-17-7-4-3-5-15(17)16(18)19;/h12-15H,3-11H2,1-2H3,(H,18,19);1H. The Balaban J connectivity index is 0.00000200. The molecular weight excluding hydrogens is 274 g/mol. The minimum atomic E-state index is -0.620. The van der Waals surface area contributed by atoms with Crippen LogP contribution in [-0.4, -0.2) is 35.1 Å². The Bertz CT molecular complexity index is 301. The molecule has 0 amide bonds. The highest BCUT2D eigenvalue weighted by Gasteiger charge is 2.30. The van der Waals surface area contributed by atoms with Gasteiger partial charge in [0.05, 0.1) is 0 Å². The van der Waals surface area contributed by atoms with Gasteiger partial charge in [-0.3, -0.25) is 9.69 Å². The number of hydrogen-bond donors (Lipinski definition) is 1. The van der Waals surface area contributed by atoms with Crippen molar-refractivity contribution in [1.82, 2.24) is 4.90 Å². The fraction of sp³-hybridized carbons (Fsp3) is 0.938. The summed E-state index contributed by atoms with van der Waals surface area (Å²) < 4.78 is 0. The fourth-order valence-corrected chi connectivity index (χ4v) is 4.24. The quantitative estimate of drug-likeness (QED) is 0.858. The Morgan fingerprint density at radius 1 is 1.15 bits per heavy atom. The van der Waals surface area contributed by atoms with Crippen molar-refractivity contribution in [3.05, 3.63) is 0 Å². The van der Waals surface area contributed by atoms with Gasteiger partial charge >= 0.3 is 5.97 Å². The summed E-state index contributed by atoms with van der Waals surface area (Å²) in [7, 11) is 0. The van der Waals surface area contributed by atoms with E-state index >= 15 is 0 Å². The zero-order valence-corrected chi connectivity index (χ0v) is 13.7. The number of piperidine rings is 1. The lowest BCUT2D eigenvalue weighted by molar-refractivity contribution is -0.144. The highest BCUT2D eigenvalue weighted by Crippen LogP contribution is 2.35. The number of carbonyl (C=O) groups is 1. The van der Waals surface area contributed by atoms with E-state index in [1.54, 1.807) is 0 Å². The Kier molecular flexibility index (Phi) is 7.32. The second kappa shape index (κ2) is 8.23. The van der Waals surface area contributed by atoms with Crippen molar-refractivity contribution in [2.45, 2.75) is 64.8 Å². The van der Waals surface area contributed by atoms with E-state index in [4.69, 9.17) is 0 Å². The molecule has 1 aliphatic carbocycles. The average Bonchev–Trinajstić information content (AvgIpc) is 2.35. The molecule has 3 atom stereocenters. The predicted molar refractivity (Wildman–Crippen MR) is 84.4 cm³/mol. The first-order valence-electron chi connectivity index (χ1n) is 8.03. The van der Waals surface area contributed by atoms with Crippen LogP contribution in [0.2, 0.25) is 0 Å². The van der Waals surface area contributed by atoms with Crippen molar-refractivity contribution >= 4 is 18.4 Å². The number of halogens is 1. The number of carboxylic acids is 1. The monoisotopic (exact) mass is 303 g/mol. The number of likely N-dealkylation sites (tertiary alicyclic amines) is 1. The van der Waals surface area contributed by atoms with Crippen LogP contribution in [-0.2, 0) is 4.79 Å². The number of rotatable bonds is 4. The number of carboxylic acid groups (broad SMARTS) is 1. The van der Waals surface area contributed by atoms with Gasteiger partial charge in [0.1, 0.15) is 6.04 Å². The lowest BCUT2D eigenvalue weighted by Gasteiger charge is -2.36. The van der Waals surface area contributed by atoms with E-state index in [1.165, 1.54) is 32.1 Å². The van der Waals surface area contributed by atoms with E-state index < -0.39 is 5.97 Å². The van der Waals surface area contributed by atoms with Crippen LogP contribution in [0, 0.1) is 17.8 Å². The van der Waals surface area contributed by atoms with Crippen LogP contribution in [0.3, 0.4) is 0 Å². The summed E-state index contributed by atoms with van der Waals surface area (Å²) in [5.41, 5.74) is 0. The molecule has 0 aromatic heterocycles. The third-order valence-corrected chi connectivity index (χ3v) is 5.00. The molecule has 1 aliphatic heterocycles. The molecule has 2 aliphatic rings. The summed E-state index contributed by atoms with van der Waals surface area (Å²) in [5.74, 6) is 1.90. The Labute approximate surface area is 129 Å². The highest BCUT2D eigenvalue weighted by molar-refractivity contribution is 5.85. The largest absolute Gasteiger partial charge is 0.480 e. The lowest BCUT2D eigenvalue weighted by Crippen LogP contribution is -2.45. The first kappa shape index (κ1) is 17.8. The molecule has 1 saturated carbocycles. The molecule has 3 unspecified atom stereocenters. The molecule has 2 rings (SSSR count). The maximum Gasteiger partial charge on any atom is 0.320 e. The molecule has 0 aromatic rings. The molecular formula is C16H30ClNO2. The molecule has 1 N–H and O–H groups in total. The molecule has 0 radical (unpaired) electrons. The van der Waals surface area contributed by atoms with E-state index in [-0.39, 0.29) is 18.4 Å². The van der Waals surface area contributed by atoms with Gasteiger partial charge in [-0.15, -0.1) is 12.4 Å². The summed E-state index contributed by atoms with van der Waals surface area (Å²) >= 11 is 0. The van der Waals surface area contributed by atoms with Gasteiger partial charge < -0.3 is 5.11 Å². The van der Waals surface area contributed by atoms with Gasteiger partial charge in [-0.25, -0.2) is 0 Å². The van der Waals surface area contributed by atoms with Crippen LogP contribution in [0.15, 0.2) is 0 Å². The zero-order valence-electron chi connectivity index (χ0n) is 12.9. The molecule has 0 bridgehead atoms. The molecule has 3 nitrogen and oxygen atoms in total. The van der Waals surface area contributed by atoms with E-state index in [2.05, 4.69) is 18.7 Å². The van der Waals surface area contributed by atoms with Crippen LogP contribution in [0.5, 0.6) is 0 Å². The fourth-order valence-electron chi connectivity index (χ4n) is 4.24. The first-order valence-corrected chi connectivity index (χ1v) is 8.03. The molecule has 1 heterocycles. The summed E-state index contributed by atoms with van der Waals surface area (Å²) in [5, 5.41) is 9.29. The van der Waals surface area contributed by atoms with Crippen LogP contribution in [0.25, 0.3) is 0 Å². The topological polar surface area (TPSA) is 40.5 Å². The van der Waals surface area contributed by atoms with Gasteiger partial charge in [0, 0.05) is 0 Å². The molecule has 118 valence electrons. The number of aliphatic carboxylic acids is 1. The molecule has 4 heteroatoms. The first-order chi connectivity index (χ1) is 9.06. The second-order valence-corrected chi connectivity index (χ2v) is 6.96. The van der Waals surface area contributed by atoms with Crippen molar-refractivity contribution in [1.29, 1.82) is 0 Å². The van der Waals surface area contributed by atoms with Gasteiger partial charge in [-0.2, -0.15) is 0 Å². The van der Waals surface area contributed by atoms with Gasteiger partial charge in [-0.05, 0) is 69.4 Å². The average molecular weight is 304 g/mol. The minimum Gasteiger partial charge on any atom is -0.480 e. The van der Waals surface area contributed by atoms with Gasteiger partial charge in [0.2, 0.25) is 0 Å². The normalized spacial score (nSPS) is 35.3. The number of hydrogen-bond acceptors (Lipinski definition) is 2. The van der Waals surface area contributed by atoms with Crippen molar-refractivity contribution in [3.63, 3.8) is 0 Å². The number of nitrogens with zero attached hydrogens (tertiary/aromatic N) is 1. The zero-order chi connectivity index (χ0) is 13.8. The third kappa shape index (κ3) is 4.92. The van der Waals surface area contributed by atoms with E-state index in [1.807, 2.05) is 0 Å². The third-order valence-electron chi connectivity index (χ3n) is 5.00. The van der Waals surface area contributed by atoms with Crippen LogP contribution < -0.4 is 0 Å². The van der Waals surface area contributed by atoms with Crippen molar-refractivity contribution < 1.29 is 9.90 Å². The van der Waals surface area contributed by atoms with Crippen molar-refractivity contribution in [3.8, 4) is 0 Å². The van der Waals surface area contributed by atoms with E-state index in [0.29, 0.717) is 0 Å². The van der Waals surface area contributed by atoms with Gasteiger partial charge in [-0.1, -0.05) is 20.3 Å². The molecule has 20 heavy (non-hydrogen) atoms. The smallest absolute Gasteiger partial charge is 0.320 e. The highest BCUT2D eigenvalue weighted by atomic mass is 35.5. The van der Waals surface area contributed by atoms with Crippen LogP contribution in [0.4, 0.5) is 0 Å². The van der Waals surface area contributed by atoms with Crippen LogP contribution in [0.1, 0.15) is 58.8 Å². The van der Waals surface area contributed by atoms with E-state index in [9.17, 15) is 9.90 Å². The summed E-state index contributed by atoms with van der Waals surface area (Å²) in [6.07, 6.45) is 8.33. The maximum absolute atomic E-state index is 11.3. The van der Waals surface area contributed by atoms with Crippen molar-refractivity contribution in [2.75, 3.05) is 13.1 Å². The van der Waals surface area contributed by atoms with Crippen molar-refractivity contribution in [2.24, 2.45) is 17.8 Å². The molecule has 2 fully saturated rings. The summed E-state index contributed by atoms with van der Waals surface area (Å²) in [4.78, 5) is 13.5. The van der Waals surface area contributed by atoms with Gasteiger partial charge in [0.25, 0.3) is 0 Å². The molecule has 0 aromatic carbocycles. The Morgan fingerprint density at radius 3 is 2.40 bits per heavy atom. The molecule has 0 spiro atoms. The minimum absolute atomic E-state index is 0. The summed E-state index contributed by atoms with van der Waals surface area (Å²) in [6.45, 7) is 6.70. The summed E-state index contributed by atoms with van der Waals surface area (Å²) in [6, 6.07) is -0.216. The SMILES string of the molecule is CC1CC(C)CC(CCN2CCCCC2C(=O)O)C1.Cl. The second-order valence-electron chi connectivity index (χ2n) is 6.96. The van der Waals surface area contributed by atoms with Crippen LogP contribution >= 0.6 is 12.4 Å². The maximum atomic E-state index is 11.3. The molecule has 1 saturated heterocycles. The lowest BCUT2D eigenvalue weighted by atomic mass is 9.75. The van der Waals surface area contributed by atoms with E-state index in [0.717, 1.165) is 43.7 Å².